The highest BCUT2D eigenvalue weighted by molar-refractivity contribution is 7.16. The van der Waals surface area contributed by atoms with Crippen molar-refractivity contribution in [1.29, 1.82) is 5.26 Å². The SMILES string of the molecule is Cc1ccc(C(=O)CCC(=O)OCC(=O)Nc2sc3c(c2C#N)CCC(C)C3)cc1. The number of ketones is 1. The number of rotatable bonds is 7. The lowest BCUT2D eigenvalue weighted by molar-refractivity contribution is -0.147. The van der Waals surface area contributed by atoms with Crippen molar-refractivity contribution in [2.45, 2.75) is 46.0 Å². The molecule has 7 heteroatoms. The molecule has 1 N–H and O–H groups in total. The van der Waals surface area contributed by atoms with Crippen LogP contribution in [0.25, 0.3) is 0 Å². The van der Waals surface area contributed by atoms with Gasteiger partial charge in [0.05, 0.1) is 12.0 Å². The van der Waals surface area contributed by atoms with Crippen LogP contribution in [0.5, 0.6) is 0 Å². The molecule has 1 aliphatic rings. The lowest BCUT2D eigenvalue weighted by atomic mass is 9.89. The molecule has 0 saturated carbocycles. The minimum atomic E-state index is -0.606. The van der Waals surface area contributed by atoms with Gasteiger partial charge in [0.15, 0.2) is 12.4 Å². The number of thiophene rings is 1. The Balaban J connectivity index is 1.48. The summed E-state index contributed by atoms with van der Waals surface area (Å²) in [4.78, 5) is 37.4. The van der Waals surface area contributed by atoms with Gasteiger partial charge in [-0.05, 0) is 37.7 Å². The van der Waals surface area contributed by atoms with Crippen molar-refractivity contribution in [3.63, 3.8) is 0 Å². The topological polar surface area (TPSA) is 96.3 Å². The summed E-state index contributed by atoms with van der Waals surface area (Å²) < 4.78 is 4.99. The van der Waals surface area contributed by atoms with Gasteiger partial charge in [-0.25, -0.2) is 0 Å². The zero-order chi connectivity index (χ0) is 21.7. The van der Waals surface area contributed by atoms with Gasteiger partial charge in [0.1, 0.15) is 11.1 Å². The minimum absolute atomic E-state index is 0.0257. The van der Waals surface area contributed by atoms with Gasteiger partial charge in [-0.1, -0.05) is 36.8 Å². The molecule has 2 aromatic rings. The summed E-state index contributed by atoms with van der Waals surface area (Å²) in [5.41, 5.74) is 3.15. The minimum Gasteiger partial charge on any atom is -0.456 e. The quantitative estimate of drug-likeness (QED) is 0.531. The molecule has 0 saturated heterocycles. The van der Waals surface area contributed by atoms with Crippen LogP contribution in [0.1, 0.15) is 58.1 Å². The summed E-state index contributed by atoms with van der Waals surface area (Å²) in [5, 5.41) is 12.7. The number of carbonyl (C=O) groups is 3. The van der Waals surface area contributed by atoms with Gasteiger partial charge >= 0.3 is 5.97 Å². The highest BCUT2D eigenvalue weighted by Gasteiger charge is 2.24. The fourth-order valence-electron chi connectivity index (χ4n) is 3.44. The Morgan fingerprint density at radius 2 is 1.97 bits per heavy atom. The molecule has 1 heterocycles. The Labute approximate surface area is 179 Å². The molecule has 0 fully saturated rings. The second-order valence-corrected chi connectivity index (χ2v) is 8.77. The van der Waals surface area contributed by atoms with E-state index in [2.05, 4.69) is 18.3 Å². The van der Waals surface area contributed by atoms with Crippen molar-refractivity contribution in [3.05, 3.63) is 51.4 Å². The van der Waals surface area contributed by atoms with Crippen molar-refractivity contribution in [3.8, 4) is 6.07 Å². The van der Waals surface area contributed by atoms with Crippen molar-refractivity contribution in [1.82, 2.24) is 0 Å². The molecular weight excluding hydrogens is 400 g/mol. The maximum absolute atomic E-state index is 12.2. The van der Waals surface area contributed by atoms with Crippen LogP contribution in [0.2, 0.25) is 0 Å². The Kier molecular flexibility index (Phi) is 7.01. The van der Waals surface area contributed by atoms with Crippen LogP contribution in [-0.2, 0) is 27.2 Å². The van der Waals surface area contributed by atoms with Crippen LogP contribution < -0.4 is 5.32 Å². The van der Waals surface area contributed by atoms with Gasteiger partial charge < -0.3 is 10.1 Å². The maximum Gasteiger partial charge on any atom is 0.306 e. The summed E-state index contributed by atoms with van der Waals surface area (Å²) >= 11 is 1.43. The second kappa shape index (κ2) is 9.68. The second-order valence-electron chi connectivity index (χ2n) is 7.67. The predicted octanol–water partition coefficient (Wildman–Crippen LogP) is 4.20. The molecule has 1 aliphatic carbocycles. The predicted molar refractivity (Wildman–Crippen MR) is 115 cm³/mol. The van der Waals surface area contributed by atoms with Gasteiger partial charge in [-0.15, -0.1) is 11.3 Å². The first-order chi connectivity index (χ1) is 14.4. The van der Waals surface area contributed by atoms with E-state index in [9.17, 15) is 19.6 Å². The number of amides is 1. The molecule has 0 radical (unpaired) electrons. The summed E-state index contributed by atoms with van der Waals surface area (Å²) in [6.07, 6.45) is 2.72. The third-order valence-corrected chi connectivity index (χ3v) is 6.34. The number of anilines is 1. The maximum atomic E-state index is 12.2. The van der Waals surface area contributed by atoms with Crippen LogP contribution in [-0.4, -0.2) is 24.3 Å². The molecule has 0 aliphatic heterocycles. The number of fused-ring (bicyclic) bond motifs is 1. The van der Waals surface area contributed by atoms with E-state index in [1.807, 2.05) is 19.1 Å². The average Bonchev–Trinajstić information content (AvgIpc) is 3.06. The highest BCUT2D eigenvalue weighted by Crippen LogP contribution is 2.39. The van der Waals surface area contributed by atoms with Crippen molar-refractivity contribution >= 4 is 34.0 Å². The fraction of sp³-hybridized carbons (Fsp3) is 0.391. The third kappa shape index (κ3) is 5.33. The molecule has 1 amide bonds. The third-order valence-electron chi connectivity index (χ3n) is 5.17. The molecule has 1 atom stereocenters. The number of ether oxygens (including phenoxy) is 1. The first-order valence-corrected chi connectivity index (χ1v) is 10.8. The summed E-state index contributed by atoms with van der Waals surface area (Å²) in [6, 6.07) is 9.33. The fourth-order valence-corrected chi connectivity index (χ4v) is 4.81. The molecule has 1 aromatic heterocycles. The number of aryl methyl sites for hydroxylation is 1. The average molecular weight is 425 g/mol. The van der Waals surface area contributed by atoms with E-state index in [1.165, 1.54) is 11.3 Å². The number of carbonyl (C=O) groups excluding carboxylic acids is 3. The largest absolute Gasteiger partial charge is 0.456 e. The smallest absolute Gasteiger partial charge is 0.306 e. The number of nitriles is 1. The lowest BCUT2D eigenvalue weighted by Crippen LogP contribution is -2.21. The Bertz CT molecular complexity index is 1000. The van der Waals surface area contributed by atoms with E-state index < -0.39 is 18.5 Å². The van der Waals surface area contributed by atoms with E-state index in [0.29, 0.717) is 22.0 Å². The van der Waals surface area contributed by atoms with Gasteiger partial charge in [-0.3, -0.25) is 14.4 Å². The van der Waals surface area contributed by atoms with E-state index in [4.69, 9.17) is 4.74 Å². The van der Waals surface area contributed by atoms with Crippen LogP contribution in [0.3, 0.4) is 0 Å². The molecular formula is C23H24N2O4S. The Morgan fingerprint density at radius 3 is 2.67 bits per heavy atom. The zero-order valence-electron chi connectivity index (χ0n) is 17.1. The summed E-state index contributed by atoms with van der Waals surface area (Å²) in [7, 11) is 0. The van der Waals surface area contributed by atoms with Gasteiger partial charge in [0.25, 0.3) is 5.91 Å². The molecule has 0 spiro atoms. The monoisotopic (exact) mass is 424 g/mol. The van der Waals surface area contributed by atoms with Crippen LogP contribution in [0, 0.1) is 24.2 Å². The van der Waals surface area contributed by atoms with E-state index in [0.717, 1.165) is 35.3 Å². The first-order valence-electron chi connectivity index (χ1n) is 9.97. The standard InChI is InChI=1S/C23H24N2O4S/c1-14-3-6-16(7-4-14)19(26)9-10-22(28)29-13-21(27)25-23-18(12-24)17-8-5-15(2)11-20(17)30-23/h3-4,6-7,15H,5,8-11,13H2,1-2H3,(H,25,27). The molecule has 3 rings (SSSR count). The zero-order valence-corrected chi connectivity index (χ0v) is 17.9. The molecule has 1 unspecified atom stereocenters. The van der Waals surface area contributed by atoms with Gasteiger partial charge in [-0.2, -0.15) is 5.26 Å². The van der Waals surface area contributed by atoms with Crippen molar-refractivity contribution < 1.29 is 19.1 Å². The normalized spacial score (nSPS) is 15.0. The van der Waals surface area contributed by atoms with Crippen molar-refractivity contribution in [2.24, 2.45) is 5.92 Å². The number of hydrogen-bond acceptors (Lipinski definition) is 6. The number of Topliss-reactive ketones (excluding diaryl/α,β-unsaturated/α-hetero) is 1. The number of esters is 1. The van der Waals surface area contributed by atoms with E-state index in [1.54, 1.807) is 12.1 Å². The molecule has 30 heavy (non-hydrogen) atoms. The lowest BCUT2D eigenvalue weighted by Gasteiger charge is -2.17. The highest BCUT2D eigenvalue weighted by atomic mass is 32.1. The number of hydrogen-bond donors (Lipinski definition) is 1. The molecule has 6 nitrogen and oxygen atoms in total. The summed E-state index contributed by atoms with van der Waals surface area (Å²) in [6.45, 7) is 3.67. The molecule has 1 aromatic carbocycles. The molecule has 0 bridgehead atoms. The van der Waals surface area contributed by atoms with Crippen molar-refractivity contribution in [2.75, 3.05) is 11.9 Å². The van der Waals surface area contributed by atoms with Gasteiger partial charge in [0, 0.05) is 16.9 Å². The van der Waals surface area contributed by atoms with Crippen LogP contribution in [0.15, 0.2) is 24.3 Å². The Morgan fingerprint density at radius 1 is 1.23 bits per heavy atom. The van der Waals surface area contributed by atoms with Crippen LogP contribution >= 0.6 is 11.3 Å². The Hall–Kier alpha value is -2.98. The van der Waals surface area contributed by atoms with E-state index >= 15 is 0 Å². The number of nitrogens with one attached hydrogen (secondary N) is 1. The number of nitrogens with zero attached hydrogens (tertiary/aromatic N) is 1. The first kappa shape index (κ1) is 21.7. The van der Waals surface area contributed by atoms with E-state index in [-0.39, 0.29) is 18.6 Å². The van der Waals surface area contributed by atoms with Gasteiger partial charge in [0.2, 0.25) is 0 Å². The summed E-state index contributed by atoms with van der Waals surface area (Å²) in [5.74, 6) is -0.676. The molecule has 156 valence electrons. The number of benzene rings is 1. The van der Waals surface area contributed by atoms with Crippen LogP contribution in [0.4, 0.5) is 5.00 Å².